The molecule has 6 heteroatoms. The molecule has 0 amide bonds. The maximum absolute atomic E-state index is 4.31. The number of aliphatic imine (C=N–C) groups is 1. The van der Waals surface area contributed by atoms with Gasteiger partial charge in [0.25, 0.3) is 0 Å². The Morgan fingerprint density at radius 2 is 1.96 bits per heavy atom. The van der Waals surface area contributed by atoms with E-state index in [0.29, 0.717) is 5.92 Å². The molecule has 25 heavy (non-hydrogen) atoms. The van der Waals surface area contributed by atoms with E-state index in [1.54, 1.807) is 6.20 Å². The highest BCUT2D eigenvalue weighted by Crippen LogP contribution is 2.08. The van der Waals surface area contributed by atoms with E-state index in [1.165, 1.54) is 24.0 Å². The van der Waals surface area contributed by atoms with Crippen LogP contribution >= 0.6 is 24.0 Å². The summed E-state index contributed by atoms with van der Waals surface area (Å²) in [5, 5.41) is 6.81. The zero-order chi connectivity index (χ0) is 17.2. The van der Waals surface area contributed by atoms with Crippen LogP contribution in [0.25, 0.3) is 0 Å². The molecule has 0 aliphatic heterocycles. The van der Waals surface area contributed by atoms with Gasteiger partial charge in [0.15, 0.2) is 5.96 Å². The summed E-state index contributed by atoms with van der Waals surface area (Å²) < 4.78 is 2.07. The molecule has 0 aliphatic rings. The van der Waals surface area contributed by atoms with Crippen LogP contribution in [-0.2, 0) is 13.1 Å². The molecule has 0 saturated carbocycles. The van der Waals surface area contributed by atoms with Gasteiger partial charge < -0.3 is 15.2 Å². The van der Waals surface area contributed by atoms with Crippen LogP contribution in [0.4, 0.5) is 0 Å². The van der Waals surface area contributed by atoms with Crippen molar-refractivity contribution in [2.75, 3.05) is 13.6 Å². The molecule has 0 radical (unpaired) electrons. The van der Waals surface area contributed by atoms with Crippen molar-refractivity contribution in [3.05, 3.63) is 54.1 Å². The number of nitrogens with one attached hydrogen (secondary N) is 2. The van der Waals surface area contributed by atoms with Gasteiger partial charge in [-0.05, 0) is 17.0 Å². The standard InChI is InChI=1S/C19H29N5.HI/c1-4-16(5-2)12-22-19(20-3)23-13-17-7-6-8-18(11-17)14-24-10-9-21-15-24;/h6-11,15-16H,4-5,12-14H2,1-3H3,(H2,20,22,23);1H. The van der Waals surface area contributed by atoms with Crippen LogP contribution in [0.2, 0.25) is 0 Å². The van der Waals surface area contributed by atoms with Gasteiger partial charge >= 0.3 is 0 Å². The van der Waals surface area contributed by atoms with Gasteiger partial charge in [-0.2, -0.15) is 0 Å². The molecule has 2 aromatic rings. The van der Waals surface area contributed by atoms with Gasteiger partial charge in [0, 0.05) is 39.1 Å². The lowest BCUT2D eigenvalue weighted by molar-refractivity contribution is 0.481. The third kappa shape index (κ3) is 7.46. The topological polar surface area (TPSA) is 54.2 Å². The van der Waals surface area contributed by atoms with Crippen LogP contribution in [0.1, 0.15) is 37.8 Å². The Hall–Kier alpha value is -1.57. The second kappa shape index (κ2) is 11.9. The molecular weight excluding hydrogens is 425 g/mol. The maximum atomic E-state index is 4.31. The largest absolute Gasteiger partial charge is 0.356 e. The molecule has 2 N–H and O–H groups in total. The third-order valence-electron chi connectivity index (χ3n) is 4.31. The predicted molar refractivity (Wildman–Crippen MR) is 115 cm³/mol. The van der Waals surface area contributed by atoms with Crippen molar-refractivity contribution in [2.24, 2.45) is 10.9 Å². The number of rotatable bonds is 8. The molecule has 138 valence electrons. The Morgan fingerprint density at radius 3 is 2.60 bits per heavy atom. The second-order valence-corrected chi connectivity index (χ2v) is 6.04. The zero-order valence-corrected chi connectivity index (χ0v) is 17.7. The average molecular weight is 455 g/mol. The summed E-state index contributed by atoms with van der Waals surface area (Å²) in [4.78, 5) is 8.40. The Kier molecular flexibility index (Phi) is 10.2. The second-order valence-electron chi connectivity index (χ2n) is 6.04. The number of aromatic nitrogens is 2. The average Bonchev–Trinajstić information content (AvgIpc) is 3.11. The van der Waals surface area contributed by atoms with E-state index in [0.717, 1.165) is 25.6 Å². The van der Waals surface area contributed by atoms with Crippen LogP contribution in [0.3, 0.4) is 0 Å². The van der Waals surface area contributed by atoms with Gasteiger partial charge in [-0.25, -0.2) is 4.98 Å². The Morgan fingerprint density at radius 1 is 1.20 bits per heavy atom. The Balaban J connectivity index is 0.00000312. The summed E-state index contributed by atoms with van der Waals surface area (Å²) in [6.45, 7) is 7.04. The normalized spacial score (nSPS) is 11.3. The number of imidazole rings is 1. The Labute approximate surface area is 168 Å². The Bertz CT molecular complexity index is 621. The zero-order valence-electron chi connectivity index (χ0n) is 15.4. The summed E-state index contributed by atoms with van der Waals surface area (Å²) in [6.07, 6.45) is 8.01. The molecule has 0 unspecified atom stereocenters. The van der Waals surface area contributed by atoms with Crippen molar-refractivity contribution in [2.45, 2.75) is 39.8 Å². The fourth-order valence-electron chi connectivity index (χ4n) is 2.65. The van der Waals surface area contributed by atoms with Crippen LogP contribution in [0, 0.1) is 5.92 Å². The van der Waals surface area contributed by atoms with Crippen molar-refractivity contribution in [3.8, 4) is 0 Å². The van der Waals surface area contributed by atoms with Crippen molar-refractivity contribution in [1.29, 1.82) is 0 Å². The van der Waals surface area contributed by atoms with Crippen LogP contribution < -0.4 is 10.6 Å². The highest BCUT2D eigenvalue weighted by molar-refractivity contribution is 14.0. The van der Waals surface area contributed by atoms with E-state index in [9.17, 15) is 0 Å². The number of guanidine groups is 1. The molecule has 0 saturated heterocycles. The minimum absolute atomic E-state index is 0. The quantitative estimate of drug-likeness (QED) is 0.363. The summed E-state index contributed by atoms with van der Waals surface area (Å²) in [5.41, 5.74) is 2.52. The van der Waals surface area contributed by atoms with E-state index in [2.05, 4.69) is 63.3 Å². The number of halogens is 1. The molecule has 0 fully saturated rings. The van der Waals surface area contributed by atoms with Crippen molar-refractivity contribution >= 4 is 29.9 Å². The van der Waals surface area contributed by atoms with Gasteiger partial charge in [-0.3, -0.25) is 4.99 Å². The van der Waals surface area contributed by atoms with Gasteiger partial charge in [-0.1, -0.05) is 51.0 Å². The number of nitrogens with zero attached hydrogens (tertiary/aromatic N) is 3. The SMILES string of the molecule is CCC(CC)CNC(=NC)NCc1cccc(Cn2ccnc2)c1.I. The van der Waals surface area contributed by atoms with Crippen molar-refractivity contribution in [3.63, 3.8) is 0 Å². The van der Waals surface area contributed by atoms with Gasteiger partial charge in [-0.15, -0.1) is 24.0 Å². The van der Waals surface area contributed by atoms with Gasteiger partial charge in [0.2, 0.25) is 0 Å². The minimum Gasteiger partial charge on any atom is -0.356 e. The molecule has 0 aliphatic carbocycles. The molecule has 2 rings (SSSR count). The highest BCUT2D eigenvalue weighted by Gasteiger charge is 2.05. The molecule has 1 aromatic heterocycles. The molecule has 1 aromatic carbocycles. The molecule has 0 atom stereocenters. The number of hydrogen-bond acceptors (Lipinski definition) is 2. The van der Waals surface area contributed by atoms with E-state index >= 15 is 0 Å². The fourth-order valence-corrected chi connectivity index (χ4v) is 2.65. The smallest absolute Gasteiger partial charge is 0.191 e. The summed E-state index contributed by atoms with van der Waals surface area (Å²) in [6, 6.07) is 8.60. The lowest BCUT2D eigenvalue weighted by atomic mass is 10.0. The van der Waals surface area contributed by atoms with Gasteiger partial charge in [0.1, 0.15) is 0 Å². The third-order valence-corrected chi connectivity index (χ3v) is 4.31. The summed E-state index contributed by atoms with van der Waals surface area (Å²) in [5.74, 6) is 1.56. The number of hydrogen-bond donors (Lipinski definition) is 2. The fraction of sp³-hybridized carbons (Fsp3) is 0.474. The lowest BCUT2D eigenvalue weighted by Crippen LogP contribution is -2.39. The van der Waals surface area contributed by atoms with Gasteiger partial charge in [0.05, 0.1) is 6.33 Å². The first-order chi connectivity index (χ1) is 11.7. The highest BCUT2D eigenvalue weighted by atomic mass is 127. The van der Waals surface area contributed by atoms with Crippen LogP contribution in [0.15, 0.2) is 48.0 Å². The van der Waals surface area contributed by atoms with Crippen molar-refractivity contribution in [1.82, 2.24) is 20.2 Å². The number of benzene rings is 1. The molecular formula is C19H30IN5. The minimum atomic E-state index is 0. The first kappa shape index (κ1) is 21.5. The van der Waals surface area contributed by atoms with Crippen LogP contribution in [-0.4, -0.2) is 29.1 Å². The molecule has 0 spiro atoms. The van der Waals surface area contributed by atoms with E-state index in [4.69, 9.17) is 0 Å². The molecule has 0 bridgehead atoms. The monoisotopic (exact) mass is 455 g/mol. The summed E-state index contributed by atoms with van der Waals surface area (Å²) >= 11 is 0. The van der Waals surface area contributed by atoms with Crippen LogP contribution in [0.5, 0.6) is 0 Å². The summed E-state index contributed by atoms with van der Waals surface area (Å²) in [7, 11) is 1.82. The van der Waals surface area contributed by atoms with E-state index in [-0.39, 0.29) is 24.0 Å². The first-order valence-electron chi connectivity index (χ1n) is 8.73. The molecule has 5 nitrogen and oxygen atoms in total. The first-order valence-corrected chi connectivity index (χ1v) is 8.73. The maximum Gasteiger partial charge on any atom is 0.191 e. The predicted octanol–water partition coefficient (Wildman–Crippen LogP) is 3.65. The molecule has 1 heterocycles. The van der Waals surface area contributed by atoms with E-state index in [1.807, 2.05) is 19.6 Å². The lowest BCUT2D eigenvalue weighted by Gasteiger charge is -2.17. The van der Waals surface area contributed by atoms with Crippen molar-refractivity contribution < 1.29 is 0 Å². The van der Waals surface area contributed by atoms with E-state index < -0.39 is 0 Å².